The van der Waals surface area contributed by atoms with Gasteiger partial charge in [0.15, 0.2) is 12.2 Å². The Morgan fingerprint density at radius 2 is 1.27 bits per heavy atom. The molecule has 0 aromatic carbocycles. The summed E-state index contributed by atoms with van der Waals surface area (Å²) in [6.07, 6.45) is 3.40. The Labute approximate surface area is 178 Å². The van der Waals surface area contributed by atoms with Gasteiger partial charge in [0, 0.05) is 19.3 Å². The van der Waals surface area contributed by atoms with E-state index in [-0.39, 0.29) is 19.3 Å². The lowest BCUT2D eigenvalue weighted by Gasteiger charge is -2.41. The molecular weight excluding hydrogens is 392 g/mol. The second-order valence-electron chi connectivity index (χ2n) is 7.29. The Bertz CT molecular complexity index is 596. The molecule has 0 amide bonds. The average Bonchev–Trinajstić information content (AvgIpc) is 2.73. The number of terminal acetylenes is 1. The monoisotopic (exact) mass is 426 g/mol. The van der Waals surface area contributed by atoms with Crippen molar-refractivity contribution in [3.8, 4) is 12.3 Å². The molecule has 1 N–H and O–H groups in total. The molecule has 8 nitrogen and oxygen atoms in total. The molecule has 1 heterocycles. The molecular formula is C22H34O8. The quantitative estimate of drug-likeness (QED) is 0.288. The van der Waals surface area contributed by atoms with Gasteiger partial charge in [0.1, 0.15) is 6.10 Å². The third kappa shape index (κ3) is 8.33. The van der Waals surface area contributed by atoms with Crippen LogP contribution < -0.4 is 0 Å². The van der Waals surface area contributed by atoms with Crippen LogP contribution in [0.1, 0.15) is 78.6 Å². The van der Waals surface area contributed by atoms with Crippen molar-refractivity contribution in [2.75, 3.05) is 0 Å². The van der Waals surface area contributed by atoms with E-state index in [9.17, 15) is 19.5 Å². The molecule has 5 atom stereocenters. The van der Waals surface area contributed by atoms with Gasteiger partial charge in [-0.1, -0.05) is 46.0 Å². The zero-order chi connectivity index (χ0) is 22.5. The Morgan fingerprint density at radius 3 is 1.70 bits per heavy atom. The highest BCUT2D eigenvalue weighted by molar-refractivity contribution is 5.71. The lowest BCUT2D eigenvalue weighted by molar-refractivity contribution is -0.285. The van der Waals surface area contributed by atoms with Crippen LogP contribution in [0, 0.1) is 12.3 Å². The maximum Gasteiger partial charge on any atom is 0.308 e. The number of hydrogen-bond acceptors (Lipinski definition) is 8. The van der Waals surface area contributed by atoms with Crippen molar-refractivity contribution < 1.29 is 38.4 Å². The van der Waals surface area contributed by atoms with Gasteiger partial charge >= 0.3 is 17.9 Å². The van der Waals surface area contributed by atoms with E-state index < -0.39 is 48.6 Å². The first-order valence-electron chi connectivity index (χ1n) is 10.8. The fourth-order valence-electron chi connectivity index (χ4n) is 2.89. The molecule has 0 spiro atoms. The standard InChI is InChI=1S/C22H34O8/c1-5-9-12-16(23)28-20-19(26)15(8-4)27-22(30-18(25)14-11-7-3)21(20)29-17(24)13-10-6-2/h4,15,19-22,26H,5-7,9-14H2,1-3H3/t15?,19-,20-,21+,22?/m1/s1. The fourth-order valence-corrected chi connectivity index (χ4v) is 2.89. The maximum atomic E-state index is 12.3. The van der Waals surface area contributed by atoms with Gasteiger partial charge in [-0.3, -0.25) is 14.4 Å². The molecule has 170 valence electrons. The summed E-state index contributed by atoms with van der Waals surface area (Å²) < 4.78 is 21.7. The lowest BCUT2D eigenvalue weighted by Crippen LogP contribution is -2.61. The number of carbonyl (C=O) groups is 3. The van der Waals surface area contributed by atoms with Crippen LogP contribution in [0.2, 0.25) is 0 Å². The van der Waals surface area contributed by atoms with Gasteiger partial charge in [-0.2, -0.15) is 0 Å². The van der Waals surface area contributed by atoms with E-state index in [1.54, 1.807) is 0 Å². The number of hydrogen-bond donors (Lipinski definition) is 1. The minimum atomic E-state index is -1.44. The largest absolute Gasteiger partial charge is 0.455 e. The zero-order valence-electron chi connectivity index (χ0n) is 18.1. The van der Waals surface area contributed by atoms with Gasteiger partial charge in [-0.05, 0) is 19.3 Å². The molecule has 0 radical (unpaired) electrons. The van der Waals surface area contributed by atoms with Crippen LogP contribution in [0.3, 0.4) is 0 Å². The molecule has 0 saturated carbocycles. The summed E-state index contributed by atoms with van der Waals surface area (Å²) >= 11 is 0. The second kappa shape index (κ2) is 14.0. The number of aliphatic hydroxyl groups is 1. The van der Waals surface area contributed by atoms with Crippen LogP contribution in [0.4, 0.5) is 0 Å². The molecule has 1 rings (SSSR count). The first-order chi connectivity index (χ1) is 14.4. The highest BCUT2D eigenvalue weighted by Gasteiger charge is 2.51. The van der Waals surface area contributed by atoms with E-state index in [0.717, 1.165) is 19.3 Å². The first-order valence-corrected chi connectivity index (χ1v) is 10.8. The number of unbranched alkanes of at least 4 members (excludes halogenated alkanes) is 3. The van der Waals surface area contributed by atoms with E-state index in [0.29, 0.717) is 19.3 Å². The van der Waals surface area contributed by atoms with Crippen molar-refractivity contribution in [1.29, 1.82) is 0 Å². The average molecular weight is 427 g/mol. The van der Waals surface area contributed by atoms with Crippen LogP contribution in [0.25, 0.3) is 0 Å². The van der Waals surface area contributed by atoms with Crippen molar-refractivity contribution >= 4 is 17.9 Å². The van der Waals surface area contributed by atoms with E-state index in [1.165, 1.54) is 0 Å². The summed E-state index contributed by atoms with van der Waals surface area (Å²) in [6, 6.07) is 0. The third-order valence-corrected chi connectivity index (χ3v) is 4.67. The Hall–Kier alpha value is -2.11. The van der Waals surface area contributed by atoms with Crippen molar-refractivity contribution in [1.82, 2.24) is 0 Å². The van der Waals surface area contributed by atoms with Crippen molar-refractivity contribution in [2.24, 2.45) is 0 Å². The van der Waals surface area contributed by atoms with Crippen LogP contribution in [0.5, 0.6) is 0 Å². The normalized spacial score (nSPS) is 25.8. The summed E-state index contributed by atoms with van der Waals surface area (Å²) in [5, 5.41) is 10.6. The van der Waals surface area contributed by atoms with E-state index in [1.807, 2.05) is 20.8 Å². The predicted octanol–water partition coefficient (Wildman–Crippen LogP) is 2.64. The molecule has 1 aliphatic heterocycles. The van der Waals surface area contributed by atoms with Crippen molar-refractivity contribution in [3.63, 3.8) is 0 Å². The summed E-state index contributed by atoms with van der Waals surface area (Å²) in [4.78, 5) is 36.6. The van der Waals surface area contributed by atoms with Crippen molar-refractivity contribution in [3.05, 3.63) is 0 Å². The summed E-state index contributed by atoms with van der Waals surface area (Å²) in [7, 11) is 0. The van der Waals surface area contributed by atoms with Gasteiger partial charge in [0.05, 0.1) is 0 Å². The molecule has 30 heavy (non-hydrogen) atoms. The Balaban J connectivity index is 3.07. The fraction of sp³-hybridized carbons (Fsp3) is 0.773. The van der Waals surface area contributed by atoms with E-state index in [4.69, 9.17) is 25.4 Å². The highest BCUT2D eigenvalue weighted by Crippen LogP contribution is 2.28. The van der Waals surface area contributed by atoms with E-state index >= 15 is 0 Å². The molecule has 1 aliphatic rings. The zero-order valence-corrected chi connectivity index (χ0v) is 18.1. The second-order valence-corrected chi connectivity index (χ2v) is 7.29. The molecule has 1 saturated heterocycles. The van der Waals surface area contributed by atoms with E-state index in [2.05, 4.69) is 5.92 Å². The highest BCUT2D eigenvalue weighted by atomic mass is 16.7. The van der Waals surface area contributed by atoms with Gasteiger partial charge in [0.25, 0.3) is 0 Å². The minimum Gasteiger partial charge on any atom is -0.455 e. The minimum absolute atomic E-state index is 0.134. The predicted molar refractivity (Wildman–Crippen MR) is 108 cm³/mol. The lowest BCUT2D eigenvalue weighted by atomic mass is 9.98. The Kier molecular flexibility index (Phi) is 12.1. The summed E-state index contributed by atoms with van der Waals surface area (Å²) in [5.41, 5.74) is 0. The van der Waals surface area contributed by atoms with Crippen LogP contribution in [-0.4, -0.2) is 53.7 Å². The smallest absolute Gasteiger partial charge is 0.308 e. The van der Waals surface area contributed by atoms with Gasteiger partial charge in [-0.15, -0.1) is 6.42 Å². The molecule has 0 aliphatic carbocycles. The Morgan fingerprint density at radius 1 is 0.833 bits per heavy atom. The first kappa shape index (κ1) is 25.9. The summed E-state index contributed by atoms with van der Waals surface area (Å²) in [6.45, 7) is 5.78. The SMILES string of the molecule is C#CC1OC(OC(=O)CCCC)[C@@H](OC(=O)CCCC)[C@H](OC(=O)CCCC)[C@@H]1O. The van der Waals surface area contributed by atoms with Gasteiger partial charge in [0.2, 0.25) is 12.4 Å². The molecule has 1 fully saturated rings. The van der Waals surface area contributed by atoms with Gasteiger partial charge < -0.3 is 24.1 Å². The number of esters is 3. The number of carbonyl (C=O) groups excluding carboxylic acids is 3. The molecule has 2 unspecified atom stereocenters. The summed E-state index contributed by atoms with van der Waals surface area (Å²) in [5.74, 6) is 0.569. The number of aliphatic hydroxyl groups excluding tert-OH is 1. The third-order valence-electron chi connectivity index (χ3n) is 4.67. The van der Waals surface area contributed by atoms with Gasteiger partial charge in [-0.25, -0.2) is 0 Å². The van der Waals surface area contributed by atoms with Crippen molar-refractivity contribution in [2.45, 2.75) is 109 Å². The topological polar surface area (TPSA) is 108 Å². The maximum absolute atomic E-state index is 12.3. The van der Waals surface area contributed by atoms with Crippen LogP contribution in [-0.2, 0) is 33.3 Å². The molecule has 0 bridgehead atoms. The number of ether oxygens (including phenoxy) is 4. The molecule has 0 aromatic rings. The van der Waals surface area contributed by atoms with Crippen LogP contribution >= 0.6 is 0 Å². The van der Waals surface area contributed by atoms with Crippen LogP contribution in [0.15, 0.2) is 0 Å². The molecule has 8 heteroatoms. The number of rotatable bonds is 12. The molecule has 0 aromatic heterocycles.